The van der Waals surface area contributed by atoms with Gasteiger partial charge in [-0.2, -0.15) is 0 Å². The molecule has 0 fully saturated rings. The van der Waals surface area contributed by atoms with Crippen molar-refractivity contribution in [1.29, 1.82) is 0 Å². The number of nitrogens with zero attached hydrogens (tertiary/aromatic N) is 1. The third-order valence-electron chi connectivity index (χ3n) is 1.63. The highest BCUT2D eigenvalue weighted by molar-refractivity contribution is 6.31. The highest BCUT2D eigenvalue weighted by Gasteiger charge is 2.16. The van der Waals surface area contributed by atoms with Crippen molar-refractivity contribution >= 4 is 11.6 Å². The molecule has 0 aromatic carbocycles. The van der Waals surface area contributed by atoms with Gasteiger partial charge in [-0.1, -0.05) is 11.6 Å². The predicted molar refractivity (Wildman–Crippen MR) is 44.9 cm³/mol. The largest absolute Gasteiger partial charge is 0.390 e. The fourth-order valence-corrected chi connectivity index (χ4v) is 1.39. The molecule has 0 bridgehead atoms. The van der Waals surface area contributed by atoms with Crippen LogP contribution >= 0.6 is 11.6 Å². The maximum atomic E-state index is 12.3. The minimum atomic E-state index is -2.63. The van der Waals surface area contributed by atoms with Crippen molar-refractivity contribution in [3.05, 3.63) is 28.0 Å². The molecule has 0 saturated heterocycles. The van der Waals surface area contributed by atoms with Crippen molar-refractivity contribution in [2.75, 3.05) is 0 Å². The van der Waals surface area contributed by atoms with E-state index >= 15 is 0 Å². The van der Waals surface area contributed by atoms with Crippen molar-refractivity contribution < 1.29 is 13.9 Å². The second-order valence-corrected chi connectivity index (χ2v) is 2.96. The third-order valence-corrected chi connectivity index (χ3v) is 1.94. The van der Waals surface area contributed by atoms with Crippen LogP contribution in [0.4, 0.5) is 8.78 Å². The average Bonchev–Trinajstić information content (AvgIpc) is 2.02. The van der Waals surface area contributed by atoms with Gasteiger partial charge in [0.2, 0.25) is 0 Å². The van der Waals surface area contributed by atoms with Gasteiger partial charge in [-0.05, 0) is 13.0 Å². The summed E-state index contributed by atoms with van der Waals surface area (Å²) in [6.07, 6.45) is -2.63. The molecule has 1 N–H and O–H groups in total. The van der Waals surface area contributed by atoms with Crippen molar-refractivity contribution in [3.63, 3.8) is 0 Å². The van der Waals surface area contributed by atoms with Crippen molar-refractivity contribution in [1.82, 2.24) is 4.98 Å². The van der Waals surface area contributed by atoms with E-state index in [0.29, 0.717) is 5.69 Å². The molecule has 2 nitrogen and oxygen atoms in total. The van der Waals surface area contributed by atoms with Gasteiger partial charge in [0.05, 0.1) is 22.9 Å². The Kier molecular flexibility index (Phi) is 3.17. The van der Waals surface area contributed by atoms with Crippen molar-refractivity contribution in [2.45, 2.75) is 20.0 Å². The maximum absolute atomic E-state index is 12.3. The van der Waals surface area contributed by atoms with E-state index in [1.54, 1.807) is 0 Å². The summed E-state index contributed by atoms with van der Waals surface area (Å²) in [5, 5.41) is 8.66. The van der Waals surface area contributed by atoms with Crippen molar-refractivity contribution in [3.8, 4) is 0 Å². The number of hydrogen-bond donors (Lipinski definition) is 1. The summed E-state index contributed by atoms with van der Waals surface area (Å²) in [6.45, 7) is 1.14. The van der Waals surface area contributed by atoms with Crippen LogP contribution in [0.3, 0.4) is 0 Å². The minimum Gasteiger partial charge on any atom is -0.390 e. The maximum Gasteiger partial charge on any atom is 0.267 e. The lowest BCUT2D eigenvalue weighted by Crippen LogP contribution is -1.99. The topological polar surface area (TPSA) is 33.1 Å². The van der Waals surface area contributed by atoms with Gasteiger partial charge in [-0.15, -0.1) is 0 Å². The first-order valence-corrected chi connectivity index (χ1v) is 3.99. The molecule has 1 heterocycles. The normalized spacial score (nSPS) is 10.9. The SMILES string of the molecule is Cc1nc(CO)cc(Cl)c1C(F)F. The molecule has 0 saturated carbocycles. The number of halogens is 3. The summed E-state index contributed by atoms with van der Waals surface area (Å²) in [5.41, 5.74) is 0.192. The molecule has 5 heteroatoms. The Morgan fingerprint density at radius 2 is 2.23 bits per heavy atom. The van der Waals surface area contributed by atoms with Crippen LogP contribution in [0, 0.1) is 6.92 Å². The second kappa shape index (κ2) is 3.98. The van der Waals surface area contributed by atoms with Crippen LogP contribution in [-0.4, -0.2) is 10.1 Å². The predicted octanol–water partition coefficient (Wildman–Crippen LogP) is 2.47. The van der Waals surface area contributed by atoms with Crippen LogP contribution in [0.2, 0.25) is 5.02 Å². The summed E-state index contributed by atoms with van der Waals surface area (Å²) in [7, 11) is 0. The Morgan fingerprint density at radius 1 is 1.62 bits per heavy atom. The lowest BCUT2D eigenvalue weighted by molar-refractivity contribution is 0.150. The zero-order chi connectivity index (χ0) is 10.0. The van der Waals surface area contributed by atoms with Gasteiger partial charge in [0, 0.05) is 5.69 Å². The fourth-order valence-electron chi connectivity index (χ4n) is 1.05. The molecule has 0 atom stereocenters. The standard InChI is InChI=1S/C8H8ClF2NO/c1-4-7(8(10)11)6(9)2-5(3-13)12-4/h2,8,13H,3H2,1H3. The number of aliphatic hydroxyl groups excluding tert-OH is 1. The van der Waals surface area contributed by atoms with Crippen LogP contribution in [0.15, 0.2) is 6.07 Å². The molecule has 0 unspecified atom stereocenters. The second-order valence-electron chi connectivity index (χ2n) is 2.55. The molecule has 0 radical (unpaired) electrons. The van der Waals surface area contributed by atoms with E-state index in [4.69, 9.17) is 16.7 Å². The molecule has 0 amide bonds. The van der Waals surface area contributed by atoms with Gasteiger partial charge >= 0.3 is 0 Å². The number of alkyl halides is 2. The van der Waals surface area contributed by atoms with Gasteiger partial charge < -0.3 is 5.11 Å². The van der Waals surface area contributed by atoms with Gasteiger partial charge in [-0.25, -0.2) is 8.78 Å². The quantitative estimate of drug-likeness (QED) is 0.808. The number of aliphatic hydroxyl groups is 1. The highest BCUT2D eigenvalue weighted by atomic mass is 35.5. The first-order valence-electron chi connectivity index (χ1n) is 3.61. The monoisotopic (exact) mass is 207 g/mol. The summed E-state index contributed by atoms with van der Waals surface area (Å²) in [6, 6.07) is 1.25. The Hall–Kier alpha value is -0.740. The summed E-state index contributed by atoms with van der Waals surface area (Å²) >= 11 is 5.58. The van der Waals surface area contributed by atoms with Gasteiger partial charge in [0.15, 0.2) is 0 Å². The van der Waals surface area contributed by atoms with Gasteiger partial charge in [-0.3, -0.25) is 4.98 Å². The van der Waals surface area contributed by atoms with Crippen LogP contribution in [0.1, 0.15) is 23.4 Å². The number of pyridine rings is 1. The molecule has 1 rings (SSSR count). The lowest BCUT2D eigenvalue weighted by Gasteiger charge is -2.07. The zero-order valence-electron chi connectivity index (χ0n) is 6.89. The van der Waals surface area contributed by atoms with Crippen LogP contribution < -0.4 is 0 Å². The Labute approximate surface area is 79.2 Å². The van der Waals surface area contributed by atoms with Crippen molar-refractivity contribution in [2.24, 2.45) is 0 Å². The molecule has 0 aliphatic heterocycles. The van der Waals surface area contributed by atoms with E-state index in [-0.39, 0.29) is 22.9 Å². The van der Waals surface area contributed by atoms with E-state index in [1.165, 1.54) is 13.0 Å². The molecule has 1 aromatic rings. The Bertz CT molecular complexity index is 294. The zero-order valence-corrected chi connectivity index (χ0v) is 7.65. The minimum absolute atomic E-state index is 0.0495. The molecule has 1 aromatic heterocycles. The van der Waals surface area contributed by atoms with Gasteiger partial charge in [0.25, 0.3) is 6.43 Å². The number of aromatic nitrogens is 1. The molecule has 0 spiro atoms. The highest BCUT2D eigenvalue weighted by Crippen LogP contribution is 2.29. The molecule has 13 heavy (non-hydrogen) atoms. The summed E-state index contributed by atoms with van der Waals surface area (Å²) < 4.78 is 24.7. The van der Waals surface area contributed by atoms with E-state index in [2.05, 4.69) is 4.98 Å². The Morgan fingerprint density at radius 3 is 2.62 bits per heavy atom. The van der Waals surface area contributed by atoms with Crippen LogP contribution in [-0.2, 0) is 6.61 Å². The van der Waals surface area contributed by atoms with Crippen LogP contribution in [0.5, 0.6) is 0 Å². The number of hydrogen-bond acceptors (Lipinski definition) is 2. The first-order chi connectivity index (χ1) is 6.06. The van der Waals surface area contributed by atoms with Gasteiger partial charge in [0.1, 0.15) is 0 Å². The molecule has 0 aliphatic carbocycles. The van der Waals surface area contributed by atoms with E-state index in [1.807, 2.05) is 0 Å². The van der Waals surface area contributed by atoms with E-state index in [0.717, 1.165) is 0 Å². The third kappa shape index (κ3) is 2.14. The lowest BCUT2D eigenvalue weighted by atomic mass is 10.2. The number of rotatable bonds is 2. The summed E-state index contributed by atoms with van der Waals surface area (Å²) in [5.74, 6) is 0. The first kappa shape index (κ1) is 10.3. The molecular formula is C8H8ClF2NO. The molecule has 72 valence electrons. The fraction of sp³-hybridized carbons (Fsp3) is 0.375. The van der Waals surface area contributed by atoms with Crippen LogP contribution in [0.25, 0.3) is 0 Å². The average molecular weight is 208 g/mol. The number of aryl methyl sites for hydroxylation is 1. The molecular weight excluding hydrogens is 200 g/mol. The van der Waals surface area contributed by atoms with E-state index < -0.39 is 6.43 Å². The van der Waals surface area contributed by atoms with E-state index in [9.17, 15) is 8.78 Å². The smallest absolute Gasteiger partial charge is 0.267 e. The Balaban J connectivity index is 3.23. The molecule has 0 aliphatic rings. The summed E-state index contributed by atoms with van der Waals surface area (Å²) in [4.78, 5) is 3.76.